The van der Waals surface area contributed by atoms with Crippen LogP contribution < -0.4 is 49.7 Å². The standard InChI is InChI=1S/2C23H25N5O5.2ClH/c2*1-13-23(30)24-6-3-7-31-19-8-15-16(9-17(19)29)25-11-26-22(15)27-20-14(10-28(13)2)4-5-18-21(20)33-12-32-18;;/h2*4-5,8-9,11,13,29H,3,6-7,10,12H2,1-2H3,(H,24,30)(H,25,26,27);2*1H/t2*13-;;/m00../s1. The smallest absolute Gasteiger partial charge is 0.237 e. The van der Waals surface area contributed by atoms with E-state index in [0.717, 1.165) is 11.1 Å². The Bertz CT molecular complexity index is 2640. The summed E-state index contributed by atoms with van der Waals surface area (Å²) in [6, 6.07) is 13.5. The number of anilines is 4. The number of fused-ring (bicyclic) bond motifs is 8. The minimum Gasteiger partial charge on any atom is -0.504 e. The van der Waals surface area contributed by atoms with E-state index in [0.29, 0.717) is 132 Å². The highest BCUT2D eigenvalue weighted by Gasteiger charge is 2.28. The van der Waals surface area contributed by atoms with Gasteiger partial charge in [-0.1, -0.05) is 12.1 Å². The maximum atomic E-state index is 12.6. The van der Waals surface area contributed by atoms with E-state index in [1.54, 1.807) is 24.3 Å². The number of halogens is 2. The molecule has 20 nitrogen and oxygen atoms in total. The van der Waals surface area contributed by atoms with E-state index in [-0.39, 0.29) is 73.8 Å². The van der Waals surface area contributed by atoms with Crippen LogP contribution in [0.4, 0.5) is 23.0 Å². The van der Waals surface area contributed by atoms with Gasteiger partial charge in [0.15, 0.2) is 46.0 Å². The molecule has 0 aliphatic carbocycles. The van der Waals surface area contributed by atoms with Crippen LogP contribution in [0.3, 0.4) is 0 Å². The zero-order valence-electron chi connectivity index (χ0n) is 37.7. The van der Waals surface area contributed by atoms with Crippen molar-refractivity contribution in [1.29, 1.82) is 0 Å². The van der Waals surface area contributed by atoms with Gasteiger partial charge in [0.2, 0.25) is 25.4 Å². The summed E-state index contributed by atoms with van der Waals surface area (Å²) in [4.78, 5) is 46.6. The van der Waals surface area contributed by atoms with E-state index in [9.17, 15) is 19.8 Å². The van der Waals surface area contributed by atoms with Crippen molar-refractivity contribution in [3.05, 3.63) is 72.3 Å². The van der Waals surface area contributed by atoms with Crippen molar-refractivity contribution in [3.63, 3.8) is 0 Å². The van der Waals surface area contributed by atoms with Crippen LogP contribution in [0.25, 0.3) is 21.8 Å². The molecule has 0 saturated carbocycles. The Kier molecular flexibility index (Phi) is 15.3. The predicted molar refractivity (Wildman–Crippen MR) is 257 cm³/mol. The number of hydrogen-bond donors (Lipinski definition) is 6. The number of nitrogens with zero attached hydrogens (tertiary/aromatic N) is 6. The van der Waals surface area contributed by atoms with Gasteiger partial charge in [-0.15, -0.1) is 24.8 Å². The number of likely N-dealkylation sites (N-methyl/N-ethyl adjacent to an activating group) is 2. The molecule has 0 spiro atoms. The van der Waals surface area contributed by atoms with Gasteiger partial charge in [0, 0.05) is 49.1 Å². The van der Waals surface area contributed by atoms with Crippen LogP contribution >= 0.6 is 24.8 Å². The minimum absolute atomic E-state index is 0. The number of hydrogen-bond acceptors (Lipinski definition) is 18. The Labute approximate surface area is 403 Å². The molecule has 2 atom stereocenters. The van der Waals surface area contributed by atoms with Crippen LogP contribution in [0.2, 0.25) is 0 Å². The fraction of sp³-hybridized carbons (Fsp3) is 0.348. The van der Waals surface area contributed by atoms with Gasteiger partial charge >= 0.3 is 0 Å². The molecule has 0 saturated heterocycles. The average Bonchev–Trinajstić information content (AvgIpc) is 4.00. The number of phenolic OH excluding ortho intramolecular Hbond substituents is 2. The SMILES string of the molecule is C[C@H]1C(=O)NCCCOc2cc3c(ncnc3cc2O)Nc2c(ccc3c2OCO3)CN1C.C[C@H]1C(=O)NCCCOc2cc3c(ncnc3cc2O)Nc2c(ccc3c2OCO3)CN1C.Cl.Cl. The molecule has 4 aliphatic heterocycles. The zero-order chi connectivity index (χ0) is 45.9. The lowest BCUT2D eigenvalue weighted by molar-refractivity contribution is -0.126. The largest absolute Gasteiger partial charge is 0.504 e. The number of carbonyl (C=O) groups is 2. The molecule has 10 rings (SSSR count). The monoisotopic (exact) mass is 974 g/mol. The highest BCUT2D eigenvalue weighted by molar-refractivity contribution is 5.95. The summed E-state index contributed by atoms with van der Waals surface area (Å²) in [5.41, 5.74) is 4.37. The van der Waals surface area contributed by atoms with Crippen LogP contribution in [0, 0.1) is 0 Å². The first-order valence-electron chi connectivity index (χ1n) is 21.6. The molecule has 2 aromatic heterocycles. The van der Waals surface area contributed by atoms with Gasteiger partial charge in [-0.05, 0) is 76.2 Å². The van der Waals surface area contributed by atoms with Crippen LogP contribution in [0.15, 0.2) is 61.2 Å². The van der Waals surface area contributed by atoms with Crippen molar-refractivity contribution >= 4 is 81.4 Å². The van der Waals surface area contributed by atoms with Gasteiger partial charge in [-0.3, -0.25) is 19.4 Å². The van der Waals surface area contributed by atoms with Crippen LogP contribution in [0.5, 0.6) is 46.0 Å². The summed E-state index contributed by atoms with van der Waals surface area (Å²) >= 11 is 0. The average molecular weight is 976 g/mol. The van der Waals surface area contributed by atoms with E-state index < -0.39 is 0 Å². The first kappa shape index (κ1) is 48.9. The number of phenols is 2. The number of benzene rings is 4. The molecule has 4 aromatic carbocycles. The Morgan fingerprint density at radius 1 is 0.574 bits per heavy atom. The summed E-state index contributed by atoms with van der Waals surface area (Å²) in [5.74, 6) is 4.00. The van der Waals surface area contributed by atoms with E-state index in [1.807, 2.05) is 62.0 Å². The van der Waals surface area contributed by atoms with Crippen molar-refractivity contribution < 1.29 is 48.2 Å². The second kappa shape index (κ2) is 21.3. The third-order valence-corrected chi connectivity index (χ3v) is 11.8. The van der Waals surface area contributed by atoms with Crippen molar-refractivity contribution in [3.8, 4) is 46.0 Å². The normalized spacial score (nSPS) is 18.4. The molecule has 4 aliphatic rings. The third kappa shape index (κ3) is 10.3. The molecule has 0 radical (unpaired) electrons. The second-order valence-electron chi connectivity index (χ2n) is 16.2. The van der Waals surface area contributed by atoms with E-state index in [1.165, 1.54) is 12.7 Å². The molecular formula is C46H52Cl2N10O10. The number of ether oxygens (including phenoxy) is 6. The second-order valence-corrected chi connectivity index (χ2v) is 16.2. The van der Waals surface area contributed by atoms with Crippen LogP contribution in [-0.4, -0.2) is 118 Å². The molecule has 0 fully saturated rings. The Morgan fingerprint density at radius 2 is 1.00 bits per heavy atom. The number of rotatable bonds is 0. The summed E-state index contributed by atoms with van der Waals surface area (Å²) in [6.07, 6.45) is 4.06. The molecule has 360 valence electrons. The maximum absolute atomic E-state index is 12.6. The molecule has 2 amide bonds. The Balaban J connectivity index is 0.000000196. The van der Waals surface area contributed by atoms with Crippen LogP contribution in [-0.2, 0) is 22.7 Å². The molecule has 6 heterocycles. The van der Waals surface area contributed by atoms with Crippen molar-refractivity contribution in [2.24, 2.45) is 0 Å². The number of aromatic hydroxyl groups is 2. The van der Waals surface area contributed by atoms with Gasteiger partial charge in [0.1, 0.15) is 24.3 Å². The van der Waals surface area contributed by atoms with Crippen molar-refractivity contribution in [2.45, 2.75) is 51.9 Å². The molecule has 6 aromatic rings. The van der Waals surface area contributed by atoms with Gasteiger partial charge < -0.3 is 59.9 Å². The number of aromatic nitrogens is 4. The lowest BCUT2D eigenvalue weighted by atomic mass is 10.1. The molecule has 4 bridgehead atoms. The highest BCUT2D eigenvalue weighted by atomic mass is 35.5. The summed E-state index contributed by atoms with van der Waals surface area (Å²) < 4.78 is 34.3. The van der Waals surface area contributed by atoms with E-state index in [4.69, 9.17) is 28.4 Å². The van der Waals surface area contributed by atoms with E-state index in [2.05, 4.69) is 41.2 Å². The van der Waals surface area contributed by atoms with E-state index >= 15 is 0 Å². The van der Waals surface area contributed by atoms with Gasteiger partial charge in [0.25, 0.3) is 0 Å². The van der Waals surface area contributed by atoms with Crippen LogP contribution in [0.1, 0.15) is 37.8 Å². The number of carbonyl (C=O) groups excluding carboxylic acids is 2. The third-order valence-electron chi connectivity index (χ3n) is 11.8. The summed E-state index contributed by atoms with van der Waals surface area (Å²) in [7, 11) is 3.81. The lowest BCUT2D eigenvalue weighted by Crippen LogP contribution is -2.43. The zero-order valence-corrected chi connectivity index (χ0v) is 39.3. The fourth-order valence-corrected chi connectivity index (χ4v) is 7.81. The quantitative estimate of drug-likeness (QED) is 0.104. The van der Waals surface area contributed by atoms with Gasteiger partial charge in [-0.2, -0.15) is 0 Å². The number of nitrogens with one attached hydrogen (secondary N) is 4. The van der Waals surface area contributed by atoms with Crippen molar-refractivity contribution in [1.82, 2.24) is 40.4 Å². The predicted octanol–water partition coefficient (Wildman–Crippen LogP) is 5.90. The van der Waals surface area contributed by atoms with Gasteiger partial charge in [0.05, 0.1) is 47.7 Å². The highest BCUT2D eigenvalue weighted by Crippen LogP contribution is 2.46. The lowest BCUT2D eigenvalue weighted by Gasteiger charge is -2.26. The van der Waals surface area contributed by atoms with Gasteiger partial charge in [-0.25, -0.2) is 19.9 Å². The molecule has 22 heteroatoms. The minimum atomic E-state index is -0.348. The molecule has 6 N–H and O–H groups in total. The Hall–Kier alpha value is -7.00. The fourth-order valence-electron chi connectivity index (χ4n) is 7.81. The summed E-state index contributed by atoms with van der Waals surface area (Å²) in [6.45, 7) is 6.57. The first-order chi connectivity index (χ1) is 32.0. The molecular weight excluding hydrogens is 923 g/mol. The first-order valence-corrected chi connectivity index (χ1v) is 21.6. The number of amides is 2. The topological polar surface area (TPSA) is 236 Å². The molecule has 68 heavy (non-hydrogen) atoms. The Morgan fingerprint density at radius 3 is 1.43 bits per heavy atom. The molecule has 0 unspecified atom stereocenters. The maximum Gasteiger partial charge on any atom is 0.237 e. The van der Waals surface area contributed by atoms with Crippen molar-refractivity contribution in [2.75, 3.05) is 64.6 Å². The summed E-state index contributed by atoms with van der Waals surface area (Å²) in [5, 5.41) is 34.8.